The first-order valence-electron chi connectivity index (χ1n) is 8.67. The highest BCUT2D eigenvalue weighted by Crippen LogP contribution is 2.41. The number of nitrogens with zero attached hydrogens (tertiary/aromatic N) is 2. The molecule has 23 heavy (non-hydrogen) atoms. The number of likely N-dealkylation sites (tertiary alicyclic amines) is 1. The zero-order valence-electron chi connectivity index (χ0n) is 13.9. The van der Waals surface area contributed by atoms with Crippen LogP contribution in [0.3, 0.4) is 0 Å². The normalized spacial score (nSPS) is 24.7. The van der Waals surface area contributed by atoms with Crippen molar-refractivity contribution in [3.63, 3.8) is 0 Å². The van der Waals surface area contributed by atoms with Crippen LogP contribution < -0.4 is 5.32 Å². The van der Waals surface area contributed by atoms with Crippen molar-refractivity contribution in [3.8, 4) is 0 Å². The van der Waals surface area contributed by atoms with Crippen LogP contribution >= 0.6 is 11.8 Å². The molecule has 2 atom stereocenters. The summed E-state index contributed by atoms with van der Waals surface area (Å²) in [4.78, 5) is 19.0. The van der Waals surface area contributed by atoms with Crippen molar-refractivity contribution in [1.82, 2.24) is 15.2 Å². The average molecular weight is 334 g/mol. The summed E-state index contributed by atoms with van der Waals surface area (Å²) >= 11 is 1.74. The lowest BCUT2D eigenvalue weighted by molar-refractivity contribution is -0.121. The number of carbonyl (C=O) groups is 1. The Morgan fingerprint density at radius 3 is 2.96 bits per heavy atom. The predicted octanol–water partition coefficient (Wildman–Crippen LogP) is 2.20. The van der Waals surface area contributed by atoms with E-state index in [-0.39, 0.29) is 5.91 Å². The van der Waals surface area contributed by atoms with Gasteiger partial charge in [0, 0.05) is 56.2 Å². The van der Waals surface area contributed by atoms with E-state index in [0.717, 1.165) is 43.4 Å². The quantitative estimate of drug-likeness (QED) is 0.792. The summed E-state index contributed by atoms with van der Waals surface area (Å²) in [5.41, 5.74) is 1.16. The van der Waals surface area contributed by atoms with Crippen LogP contribution in [0.15, 0.2) is 24.4 Å². The summed E-state index contributed by atoms with van der Waals surface area (Å²) in [6.07, 6.45) is 8.23. The Morgan fingerprint density at radius 2 is 2.26 bits per heavy atom. The van der Waals surface area contributed by atoms with Crippen LogP contribution in [0.25, 0.3) is 0 Å². The molecule has 5 heteroatoms. The maximum atomic E-state index is 12.1. The molecule has 4 nitrogen and oxygen atoms in total. The number of aromatic nitrogens is 1. The smallest absolute Gasteiger partial charge is 0.221 e. The lowest BCUT2D eigenvalue weighted by Gasteiger charge is -2.19. The first-order chi connectivity index (χ1) is 11.3. The van der Waals surface area contributed by atoms with Crippen molar-refractivity contribution in [1.29, 1.82) is 0 Å². The number of pyridine rings is 1. The Morgan fingerprint density at radius 1 is 1.39 bits per heavy atom. The fraction of sp³-hybridized carbons (Fsp3) is 0.667. The summed E-state index contributed by atoms with van der Waals surface area (Å²) in [6, 6.07) is 6.45. The van der Waals surface area contributed by atoms with Gasteiger partial charge in [-0.2, -0.15) is 11.8 Å². The molecule has 1 N–H and O–H groups in total. The van der Waals surface area contributed by atoms with Gasteiger partial charge in [0.05, 0.1) is 0 Å². The molecule has 0 spiro atoms. The topological polar surface area (TPSA) is 45.2 Å². The predicted molar refractivity (Wildman–Crippen MR) is 95.5 cm³/mol. The summed E-state index contributed by atoms with van der Waals surface area (Å²) in [6.45, 7) is 3.17. The molecule has 2 heterocycles. The van der Waals surface area contributed by atoms with E-state index in [1.807, 2.05) is 18.3 Å². The third-order valence-electron chi connectivity index (χ3n) is 4.96. The Hall–Kier alpha value is -1.07. The first-order valence-corrected chi connectivity index (χ1v) is 10.1. The largest absolute Gasteiger partial charge is 0.352 e. The number of carbonyl (C=O) groups excluding carboxylic acids is 1. The molecule has 3 rings (SSSR count). The van der Waals surface area contributed by atoms with Crippen LogP contribution in [0.1, 0.15) is 25.0 Å². The second-order valence-electron chi connectivity index (χ2n) is 6.75. The van der Waals surface area contributed by atoms with E-state index in [9.17, 15) is 4.79 Å². The second kappa shape index (κ2) is 8.15. The molecule has 0 unspecified atom stereocenters. The zero-order valence-corrected chi connectivity index (χ0v) is 14.7. The summed E-state index contributed by atoms with van der Waals surface area (Å²) < 4.78 is 0. The summed E-state index contributed by atoms with van der Waals surface area (Å²) in [5, 5.41) is 3.30. The van der Waals surface area contributed by atoms with E-state index in [1.54, 1.807) is 11.8 Å². The van der Waals surface area contributed by atoms with Crippen LogP contribution in [0, 0.1) is 11.8 Å². The molecule has 1 saturated carbocycles. The summed E-state index contributed by atoms with van der Waals surface area (Å²) in [7, 11) is 0. The Kier molecular flexibility index (Phi) is 5.95. The third kappa shape index (κ3) is 4.95. The molecule has 1 aliphatic carbocycles. The minimum Gasteiger partial charge on any atom is -0.352 e. The van der Waals surface area contributed by atoms with E-state index in [1.165, 1.54) is 12.8 Å². The van der Waals surface area contributed by atoms with Crippen LogP contribution in [-0.2, 0) is 11.2 Å². The molecule has 0 bridgehead atoms. The standard InChI is InChI=1S/C18H27N3OS/c1-23-11-8-18(22)20-17-13-21(12-16(17)14-5-6-14)10-7-15-4-2-3-9-19-15/h2-4,9,14,16-17H,5-8,10-13H2,1H3,(H,20,22)/t16-,17+/m1/s1. The van der Waals surface area contributed by atoms with E-state index in [2.05, 4.69) is 27.5 Å². The number of hydrogen-bond acceptors (Lipinski definition) is 4. The van der Waals surface area contributed by atoms with Gasteiger partial charge in [0.25, 0.3) is 0 Å². The maximum Gasteiger partial charge on any atom is 0.221 e. The van der Waals surface area contributed by atoms with Crippen molar-refractivity contribution < 1.29 is 4.79 Å². The van der Waals surface area contributed by atoms with Crippen molar-refractivity contribution in [2.24, 2.45) is 11.8 Å². The van der Waals surface area contributed by atoms with Gasteiger partial charge in [0.2, 0.25) is 5.91 Å². The van der Waals surface area contributed by atoms with Crippen molar-refractivity contribution in [3.05, 3.63) is 30.1 Å². The van der Waals surface area contributed by atoms with Gasteiger partial charge in [0.1, 0.15) is 0 Å². The SMILES string of the molecule is CSCCC(=O)N[C@H]1CN(CCc2ccccn2)C[C@@H]1C1CC1. The van der Waals surface area contributed by atoms with E-state index >= 15 is 0 Å². The monoisotopic (exact) mass is 333 g/mol. The second-order valence-corrected chi connectivity index (χ2v) is 7.73. The van der Waals surface area contributed by atoms with Crippen molar-refractivity contribution in [2.45, 2.75) is 31.7 Å². The molecule has 1 aromatic heterocycles. The molecule has 1 saturated heterocycles. The van der Waals surface area contributed by atoms with E-state index < -0.39 is 0 Å². The minimum atomic E-state index is 0.224. The lowest BCUT2D eigenvalue weighted by atomic mass is 9.98. The molecule has 0 aromatic carbocycles. The highest BCUT2D eigenvalue weighted by Gasteiger charge is 2.42. The van der Waals surface area contributed by atoms with Crippen LogP contribution in [0.5, 0.6) is 0 Å². The van der Waals surface area contributed by atoms with Crippen molar-refractivity contribution >= 4 is 17.7 Å². The van der Waals surface area contributed by atoms with Gasteiger partial charge in [-0.25, -0.2) is 0 Å². The minimum absolute atomic E-state index is 0.224. The molecule has 1 amide bonds. The lowest BCUT2D eigenvalue weighted by Crippen LogP contribution is -2.41. The van der Waals surface area contributed by atoms with Gasteiger partial charge in [-0.05, 0) is 43.1 Å². The Balaban J connectivity index is 1.50. The van der Waals surface area contributed by atoms with Gasteiger partial charge in [-0.1, -0.05) is 6.07 Å². The first kappa shape index (κ1) is 16.8. The highest BCUT2D eigenvalue weighted by atomic mass is 32.2. The Labute approximate surface area is 143 Å². The number of hydrogen-bond donors (Lipinski definition) is 1. The number of amides is 1. The highest BCUT2D eigenvalue weighted by molar-refractivity contribution is 7.98. The van der Waals surface area contributed by atoms with Gasteiger partial charge in [0.15, 0.2) is 0 Å². The van der Waals surface area contributed by atoms with E-state index in [4.69, 9.17) is 0 Å². The number of thioether (sulfide) groups is 1. The van der Waals surface area contributed by atoms with Gasteiger partial charge in [-0.15, -0.1) is 0 Å². The fourth-order valence-electron chi connectivity index (χ4n) is 3.54. The fourth-order valence-corrected chi connectivity index (χ4v) is 3.93. The molecule has 2 aliphatic rings. The molecule has 126 valence electrons. The molecule has 1 aliphatic heterocycles. The van der Waals surface area contributed by atoms with Gasteiger partial charge >= 0.3 is 0 Å². The van der Waals surface area contributed by atoms with Gasteiger partial charge < -0.3 is 10.2 Å². The zero-order chi connectivity index (χ0) is 16.1. The van der Waals surface area contributed by atoms with Crippen molar-refractivity contribution in [2.75, 3.05) is 31.6 Å². The number of rotatable bonds is 8. The van der Waals surface area contributed by atoms with Crippen LogP contribution in [0.2, 0.25) is 0 Å². The molecule has 1 aromatic rings. The number of nitrogens with one attached hydrogen (secondary N) is 1. The average Bonchev–Trinajstić information content (AvgIpc) is 3.34. The summed E-state index contributed by atoms with van der Waals surface area (Å²) in [5.74, 6) is 2.62. The van der Waals surface area contributed by atoms with Crippen LogP contribution in [-0.4, -0.2) is 53.5 Å². The van der Waals surface area contributed by atoms with Crippen LogP contribution in [0.4, 0.5) is 0 Å². The maximum absolute atomic E-state index is 12.1. The molecular weight excluding hydrogens is 306 g/mol. The molecule has 0 radical (unpaired) electrons. The van der Waals surface area contributed by atoms with Gasteiger partial charge in [-0.3, -0.25) is 9.78 Å². The third-order valence-corrected chi connectivity index (χ3v) is 5.57. The molecule has 2 fully saturated rings. The molecular formula is C18H27N3OS. The Bertz CT molecular complexity index is 506. The van der Waals surface area contributed by atoms with E-state index in [0.29, 0.717) is 18.4 Å².